The molecule has 1 atom stereocenters. The Hall–Kier alpha value is -3.55. The van der Waals surface area contributed by atoms with Gasteiger partial charge in [0.2, 0.25) is 5.91 Å². The van der Waals surface area contributed by atoms with E-state index in [4.69, 9.17) is 14.2 Å². The Labute approximate surface area is 182 Å². The largest absolute Gasteiger partial charge is 0.497 e. The average Bonchev–Trinajstić information content (AvgIpc) is 2.79. The van der Waals surface area contributed by atoms with Crippen LogP contribution in [0.15, 0.2) is 47.6 Å². The fourth-order valence-corrected chi connectivity index (χ4v) is 2.52. The van der Waals surface area contributed by atoms with Crippen LogP contribution in [0.4, 0.5) is 5.69 Å². The number of carbonyl (C=O) groups is 2. The molecular formula is C23H29N3O5. The van der Waals surface area contributed by atoms with Crippen molar-refractivity contribution in [3.8, 4) is 17.2 Å². The molecule has 0 saturated carbocycles. The minimum Gasteiger partial charge on any atom is -0.497 e. The van der Waals surface area contributed by atoms with Crippen molar-refractivity contribution in [2.45, 2.75) is 26.7 Å². The van der Waals surface area contributed by atoms with Crippen LogP contribution in [0.25, 0.3) is 0 Å². The molecule has 0 aromatic heterocycles. The summed E-state index contributed by atoms with van der Waals surface area (Å²) >= 11 is 0. The number of benzene rings is 2. The highest BCUT2D eigenvalue weighted by atomic mass is 16.5. The summed E-state index contributed by atoms with van der Waals surface area (Å²) in [6, 6.07) is 12.2. The van der Waals surface area contributed by atoms with Crippen LogP contribution in [0, 0.1) is 5.92 Å². The first-order chi connectivity index (χ1) is 15.0. The number of hydrogen-bond acceptors (Lipinski definition) is 6. The normalized spacial score (nSPS) is 11.6. The standard InChI is InChI=1S/C23H29N3O5/c1-5-6-13-31-20-12-7-17(14-21(20)30-4)15-24-26-23(28)16(2)22(27)25-18-8-10-19(29-3)11-9-18/h7-12,14-16H,5-6,13H2,1-4H3,(H,25,27)(H,26,28). The molecule has 2 rings (SSSR count). The van der Waals surface area contributed by atoms with Crippen LogP contribution in [0.3, 0.4) is 0 Å². The van der Waals surface area contributed by atoms with Gasteiger partial charge in [0, 0.05) is 5.69 Å². The van der Waals surface area contributed by atoms with E-state index in [0.717, 1.165) is 18.4 Å². The lowest BCUT2D eigenvalue weighted by Crippen LogP contribution is -2.34. The highest BCUT2D eigenvalue weighted by Gasteiger charge is 2.21. The van der Waals surface area contributed by atoms with Gasteiger partial charge in [-0.05, 0) is 61.4 Å². The predicted octanol–water partition coefficient (Wildman–Crippen LogP) is 3.61. The van der Waals surface area contributed by atoms with Gasteiger partial charge in [0.1, 0.15) is 11.7 Å². The first kappa shape index (κ1) is 23.7. The second-order valence-corrected chi connectivity index (χ2v) is 6.79. The van der Waals surface area contributed by atoms with E-state index in [1.165, 1.54) is 13.1 Å². The number of amides is 2. The van der Waals surface area contributed by atoms with E-state index in [0.29, 0.717) is 29.5 Å². The summed E-state index contributed by atoms with van der Waals surface area (Å²) < 4.78 is 16.1. The predicted molar refractivity (Wildman–Crippen MR) is 120 cm³/mol. The van der Waals surface area contributed by atoms with Gasteiger partial charge in [0.15, 0.2) is 11.5 Å². The fraction of sp³-hybridized carbons (Fsp3) is 0.348. The van der Waals surface area contributed by atoms with E-state index in [9.17, 15) is 9.59 Å². The topological polar surface area (TPSA) is 98.2 Å². The highest BCUT2D eigenvalue weighted by molar-refractivity contribution is 6.06. The molecule has 166 valence electrons. The Balaban J connectivity index is 1.90. The van der Waals surface area contributed by atoms with E-state index >= 15 is 0 Å². The molecule has 0 spiro atoms. The molecule has 0 fully saturated rings. The third-order valence-electron chi connectivity index (χ3n) is 4.48. The first-order valence-electron chi connectivity index (χ1n) is 10.1. The molecule has 0 bridgehead atoms. The van der Waals surface area contributed by atoms with Crippen LogP contribution in [-0.4, -0.2) is 38.9 Å². The molecule has 0 saturated heterocycles. The number of ether oxygens (including phenoxy) is 3. The Morgan fingerprint density at radius 2 is 1.77 bits per heavy atom. The molecule has 0 aliphatic heterocycles. The van der Waals surface area contributed by atoms with Crippen LogP contribution in [0.5, 0.6) is 17.2 Å². The molecule has 2 aromatic rings. The maximum Gasteiger partial charge on any atom is 0.252 e. The second-order valence-electron chi connectivity index (χ2n) is 6.79. The van der Waals surface area contributed by atoms with Crippen molar-refractivity contribution in [2.24, 2.45) is 11.0 Å². The molecule has 31 heavy (non-hydrogen) atoms. The number of methoxy groups -OCH3 is 2. The summed E-state index contributed by atoms with van der Waals surface area (Å²) in [5, 5.41) is 6.62. The minimum atomic E-state index is -0.928. The van der Waals surface area contributed by atoms with Crippen molar-refractivity contribution in [3.63, 3.8) is 0 Å². The van der Waals surface area contributed by atoms with Crippen molar-refractivity contribution in [2.75, 3.05) is 26.1 Å². The number of anilines is 1. The molecule has 0 heterocycles. The summed E-state index contributed by atoms with van der Waals surface area (Å²) in [4.78, 5) is 24.5. The van der Waals surface area contributed by atoms with Gasteiger partial charge in [-0.15, -0.1) is 0 Å². The van der Waals surface area contributed by atoms with Gasteiger partial charge in [-0.3, -0.25) is 9.59 Å². The number of hydrazone groups is 1. The third-order valence-corrected chi connectivity index (χ3v) is 4.48. The molecule has 0 aliphatic carbocycles. The monoisotopic (exact) mass is 427 g/mol. The molecule has 2 N–H and O–H groups in total. The van der Waals surface area contributed by atoms with Crippen LogP contribution in [0.2, 0.25) is 0 Å². The van der Waals surface area contributed by atoms with Crippen molar-refractivity contribution in [1.29, 1.82) is 0 Å². The summed E-state index contributed by atoms with van der Waals surface area (Å²) in [6.45, 7) is 4.22. The van der Waals surface area contributed by atoms with Gasteiger partial charge in [-0.25, -0.2) is 5.43 Å². The minimum absolute atomic E-state index is 0.437. The Morgan fingerprint density at radius 3 is 2.42 bits per heavy atom. The maximum atomic E-state index is 12.3. The van der Waals surface area contributed by atoms with Crippen LogP contribution in [0.1, 0.15) is 32.3 Å². The van der Waals surface area contributed by atoms with Gasteiger partial charge in [-0.1, -0.05) is 13.3 Å². The Kier molecular flexibility index (Phi) is 9.35. The summed E-state index contributed by atoms with van der Waals surface area (Å²) in [6.07, 6.45) is 3.48. The molecule has 0 radical (unpaired) electrons. The third kappa shape index (κ3) is 7.33. The zero-order chi connectivity index (χ0) is 22.6. The van der Waals surface area contributed by atoms with Crippen molar-refractivity contribution in [3.05, 3.63) is 48.0 Å². The smallest absolute Gasteiger partial charge is 0.252 e. The zero-order valence-corrected chi connectivity index (χ0v) is 18.3. The van der Waals surface area contributed by atoms with E-state index < -0.39 is 17.7 Å². The number of rotatable bonds is 11. The van der Waals surface area contributed by atoms with E-state index in [2.05, 4.69) is 22.8 Å². The maximum absolute atomic E-state index is 12.3. The number of hydrogen-bond donors (Lipinski definition) is 2. The quantitative estimate of drug-likeness (QED) is 0.247. The lowest BCUT2D eigenvalue weighted by Gasteiger charge is -2.11. The lowest BCUT2D eigenvalue weighted by atomic mass is 10.1. The fourth-order valence-electron chi connectivity index (χ4n) is 2.52. The number of nitrogens with zero attached hydrogens (tertiary/aromatic N) is 1. The molecular weight excluding hydrogens is 398 g/mol. The molecule has 0 aliphatic rings. The van der Waals surface area contributed by atoms with Gasteiger partial charge < -0.3 is 19.5 Å². The number of carbonyl (C=O) groups excluding carboxylic acids is 2. The van der Waals surface area contributed by atoms with Crippen molar-refractivity contribution >= 4 is 23.7 Å². The van der Waals surface area contributed by atoms with Crippen molar-refractivity contribution < 1.29 is 23.8 Å². The molecule has 8 nitrogen and oxygen atoms in total. The summed E-state index contributed by atoms with van der Waals surface area (Å²) in [7, 11) is 3.13. The van der Waals surface area contributed by atoms with Crippen LogP contribution >= 0.6 is 0 Å². The number of unbranched alkanes of at least 4 members (excludes halogenated alkanes) is 1. The average molecular weight is 428 g/mol. The van der Waals surface area contributed by atoms with Crippen molar-refractivity contribution in [1.82, 2.24) is 5.43 Å². The molecule has 2 aromatic carbocycles. The Bertz CT molecular complexity index is 897. The zero-order valence-electron chi connectivity index (χ0n) is 18.3. The van der Waals surface area contributed by atoms with E-state index in [1.807, 2.05) is 0 Å². The summed E-state index contributed by atoms with van der Waals surface area (Å²) in [5.74, 6) is 0.0277. The Morgan fingerprint density at radius 1 is 1.03 bits per heavy atom. The molecule has 8 heteroatoms. The van der Waals surface area contributed by atoms with E-state index in [1.54, 1.807) is 56.7 Å². The SMILES string of the molecule is CCCCOc1ccc(C=NNC(=O)C(C)C(=O)Nc2ccc(OC)cc2)cc1OC. The molecule has 1 unspecified atom stereocenters. The summed E-state index contributed by atoms with van der Waals surface area (Å²) in [5.41, 5.74) is 3.68. The second kappa shape index (κ2) is 12.2. The van der Waals surface area contributed by atoms with Gasteiger partial charge in [0.25, 0.3) is 5.91 Å². The van der Waals surface area contributed by atoms with Gasteiger partial charge in [-0.2, -0.15) is 5.10 Å². The first-order valence-corrected chi connectivity index (χ1v) is 10.1. The molecule has 2 amide bonds. The van der Waals surface area contributed by atoms with Crippen LogP contribution in [-0.2, 0) is 9.59 Å². The van der Waals surface area contributed by atoms with Gasteiger partial charge in [0.05, 0.1) is 27.0 Å². The van der Waals surface area contributed by atoms with Gasteiger partial charge >= 0.3 is 0 Å². The lowest BCUT2D eigenvalue weighted by molar-refractivity contribution is -0.131. The van der Waals surface area contributed by atoms with Crippen LogP contribution < -0.4 is 25.0 Å². The van der Waals surface area contributed by atoms with E-state index in [-0.39, 0.29) is 0 Å². The highest BCUT2D eigenvalue weighted by Crippen LogP contribution is 2.27. The number of nitrogens with one attached hydrogen (secondary N) is 2.